The zero-order valence-corrected chi connectivity index (χ0v) is 22.1. The molecule has 0 N–H and O–H groups in total. The maximum Gasteiger partial charge on any atom is 0.335 e. The maximum absolute atomic E-state index is 12.1. The molecule has 0 amide bonds. The third kappa shape index (κ3) is 7.82. The van der Waals surface area contributed by atoms with E-state index in [0.29, 0.717) is 32.2 Å². The molecule has 0 aliphatic rings. The monoisotopic (exact) mass is 486 g/mol. The summed E-state index contributed by atoms with van der Waals surface area (Å²) in [5, 5.41) is 0. The molecule has 0 heterocycles. The van der Waals surface area contributed by atoms with Crippen molar-refractivity contribution in [1.82, 2.24) is 0 Å². The standard InChI is InChI=1S/C32H38O4/c1-6-34-31(32(33)35-7-2)22-25-8-18-30(19-9-25)36-21-20-24(5)27-12-16-29(17-13-27)28-14-10-26(11-15-28)23(3)4/h8-20,23,31H,6-7,21-22H2,1-5H3/b24-20+. The fourth-order valence-electron chi connectivity index (χ4n) is 3.95. The van der Waals surface area contributed by atoms with E-state index in [9.17, 15) is 4.79 Å². The van der Waals surface area contributed by atoms with Crippen molar-refractivity contribution >= 4 is 11.5 Å². The van der Waals surface area contributed by atoms with Crippen molar-refractivity contribution in [2.75, 3.05) is 19.8 Å². The largest absolute Gasteiger partial charge is 0.490 e. The van der Waals surface area contributed by atoms with Crippen LogP contribution in [0.1, 0.15) is 57.2 Å². The van der Waals surface area contributed by atoms with Crippen molar-refractivity contribution in [3.63, 3.8) is 0 Å². The van der Waals surface area contributed by atoms with E-state index in [1.54, 1.807) is 6.92 Å². The van der Waals surface area contributed by atoms with E-state index in [1.165, 1.54) is 27.8 Å². The molecule has 4 nitrogen and oxygen atoms in total. The third-order valence-electron chi connectivity index (χ3n) is 6.15. The van der Waals surface area contributed by atoms with E-state index < -0.39 is 6.10 Å². The molecule has 190 valence electrons. The second-order valence-corrected chi connectivity index (χ2v) is 9.10. The first-order chi connectivity index (χ1) is 17.4. The summed E-state index contributed by atoms with van der Waals surface area (Å²) < 4.78 is 16.6. The summed E-state index contributed by atoms with van der Waals surface area (Å²) in [6.07, 6.45) is 1.98. The van der Waals surface area contributed by atoms with E-state index in [2.05, 4.69) is 75.4 Å². The first kappa shape index (κ1) is 27.2. The highest BCUT2D eigenvalue weighted by Gasteiger charge is 2.20. The van der Waals surface area contributed by atoms with Crippen molar-refractivity contribution < 1.29 is 19.0 Å². The van der Waals surface area contributed by atoms with Gasteiger partial charge in [0.15, 0.2) is 6.10 Å². The van der Waals surface area contributed by atoms with Gasteiger partial charge in [-0.15, -0.1) is 0 Å². The van der Waals surface area contributed by atoms with Crippen LogP contribution in [-0.2, 0) is 20.7 Å². The number of rotatable bonds is 12. The lowest BCUT2D eigenvalue weighted by Crippen LogP contribution is -2.28. The Morgan fingerprint density at radius 1 is 0.833 bits per heavy atom. The van der Waals surface area contributed by atoms with E-state index in [1.807, 2.05) is 31.2 Å². The van der Waals surface area contributed by atoms with Gasteiger partial charge < -0.3 is 14.2 Å². The molecule has 3 aromatic rings. The molecule has 1 unspecified atom stereocenters. The van der Waals surface area contributed by atoms with Crippen molar-refractivity contribution in [3.8, 4) is 16.9 Å². The zero-order chi connectivity index (χ0) is 25.9. The van der Waals surface area contributed by atoms with Gasteiger partial charge in [0, 0.05) is 13.0 Å². The molecular formula is C32H38O4. The Morgan fingerprint density at radius 3 is 2.00 bits per heavy atom. The summed E-state index contributed by atoms with van der Waals surface area (Å²) in [6, 6.07) is 25.2. The SMILES string of the molecule is CCOC(=O)C(Cc1ccc(OC/C=C(\C)c2ccc(-c3ccc(C(C)C)cc3)cc2)cc1)OCC. The Labute approximate surface area is 215 Å². The van der Waals surface area contributed by atoms with Crippen LogP contribution in [0.2, 0.25) is 0 Å². The second kappa shape index (κ2) is 13.6. The Morgan fingerprint density at radius 2 is 1.44 bits per heavy atom. The molecule has 36 heavy (non-hydrogen) atoms. The zero-order valence-electron chi connectivity index (χ0n) is 22.1. The molecule has 3 aromatic carbocycles. The first-order valence-corrected chi connectivity index (χ1v) is 12.8. The van der Waals surface area contributed by atoms with Gasteiger partial charge in [-0.2, -0.15) is 0 Å². The maximum atomic E-state index is 12.1. The fraction of sp³-hybridized carbons (Fsp3) is 0.344. The van der Waals surface area contributed by atoms with Gasteiger partial charge in [-0.25, -0.2) is 4.79 Å². The number of allylic oxidation sites excluding steroid dienone is 1. The van der Waals surface area contributed by atoms with Crippen molar-refractivity contribution in [3.05, 3.63) is 95.6 Å². The van der Waals surface area contributed by atoms with Gasteiger partial charge in [0.1, 0.15) is 12.4 Å². The Hall–Kier alpha value is -3.37. The van der Waals surface area contributed by atoms with Crippen molar-refractivity contribution in [1.29, 1.82) is 0 Å². The Balaban J connectivity index is 1.54. The number of carbonyl (C=O) groups is 1. The van der Waals surface area contributed by atoms with Gasteiger partial charge in [0.25, 0.3) is 0 Å². The molecule has 0 spiro atoms. The van der Waals surface area contributed by atoms with Crippen LogP contribution in [-0.4, -0.2) is 31.9 Å². The molecular weight excluding hydrogens is 448 g/mol. The smallest absolute Gasteiger partial charge is 0.335 e. The lowest BCUT2D eigenvalue weighted by molar-refractivity contribution is -0.156. The molecule has 0 aliphatic heterocycles. The van der Waals surface area contributed by atoms with Crippen molar-refractivity contribution in [2.45, 2.75) is 53.1 Å². The number of hydrogen-bond acceptors (Lipinski definition) is 4. The molecule has 0 radical (unpaired) electrons. The summed E-state index contributed by atoms with van der Waals surface area (Å²) >= 11 is 0. The number of hydrogen-bond donors (Lipinski definition) is 0. The predicted octanol–water partition coefficient (Wildman–Crippen LogP) is 7.47. The minimum atomic E-state index is -0.585. The summed E-state index contributed by atoms with van der Waals surface area (Å²) in [7, 11) is 0. The van der Waals surface area contributed by atoms with E-state index in [4.69, 9.17) is 14.2 Å². The molecule has 4 heteroatoms. The Bertz CT molecular complexity index is 1110. The molecule has 0 bridgehead atoms. The normalized spacial score (nSPS) is 12.4. The van der Waals surface area contributed by atoms with Crippen LogP contribution in [0.15, 0.2) is 78.9 Å². The van der Waals surface area contributed by atoms with Crippen LogP contribution in [0, 0.1) is 0 Å². The molecule has 0 fully saturated rings. The van der Waals surface area contributed by atoms with Gasteiger partial charge in [-0.3, -0.25) is 0 Å². The van der Waals surface area contributed by atoms with Gasteiger partial charge in [-0.1, -0.05) is 74.5 Å². The highest BCUT2D eigenvalue weighted by Crippen LogP contribution is 2.25. The average molecular weight is 487 g/mol. The highest BCUT2D eigenvalue weighted by molar-refractivity contribution is 5.75. The molecule has 3 rings (SSSR count). The van der Waals surface area contributed by atoms with Gasteiger partial charge in [0.05, 0.1) is 6.61 Å². The molecule has 1 atom stereocenters. The number of esters is 1. The van der Waals surface area contributed by atoms with Crippen LogP contribution in [0.4, 0.5) is 0 Å². The first-order valence-electron chi connectivity index (χ1n) is 12.8. The lowest BCUT2D eigenvalue weighted by Gasteiger charge is -2.15. The van der Waals surface area contributed by atoms with Gasteiger partial charge in [-0.05, 0) is 78.3 Å². The number of benzene rings is 3. The van der Waals surface area contributed by atoms with E-state index >= 15 is 0 Å². The minimum Gasteiger partial charge on any atom is -0.490 e. The topological polar surface area (TPSA) is 44.8 Å². The average Bonchev–Trinajstić information content (AvgIpc) is 2.89. The second-order valence-electron chi connectivity index (χ2n) is 9.10. The van der Waals surface area contributed by atoms with Gasteiger partial charge >= 0.3 is 5.97 Å². The summed E-state index contributed by atoms with van der Waals surface area (Å²) in [5.41, 5.74) is 7.15. The van der Waals surface area contributed by atoms with E-state index in [-0.39, 0.29) is 5.97 Å². The van der Waals surface area contributed by atoms with E-state index in [0.717, 1.165) is 11.3 Å². The van der Waals surface area contributed by atoms with Crippen LogP contribution in [0.5, 0.6) is 5.75 Å². The predicted molar refractivity (Wildman–Crippen MR) is 147 cm³/mol. The third-order valence-corrected chi connectivity index (χ3v) is 6.15. The molecule has 0 saturated heterocycles. The van der Waals surface area contributed by atoms with Crippen LogP contribution >= 0.6 is 0 Å². The quantitative estimate of drug-likeness (QED) is 0.249. The van der Waals surface area contributed by atoms with Crippen molar-refractivity contribution in [2.24, 2.45) is 0 Å². The summed E-state index contributed by atoms with van der Waals surface area (Å²) in [5.74, 6) is 1.00. The van der Waals surface area contributed by atoms with Gasteiger partial charge in [0.2, 0.25) is 0 Å². The molecule has 0 saturated carbocycles. The van der Waals surface area contributed by atoms with Crippen LogP contribution in [0.3, 0.4) is 0 Å². The fourth-order valence-corrected chi connectivity index (χ4v) is 3.95. The Kier molecular flexibility index (Phi) is 10.3. The highest BCUT2D eigenvalue weighted by atomic mass is 16.6. The van der Waals surface area contributed by atoms with Crippen LogP contribution < -0.4 is 4.74 Å². The van der Waals surface area contributed by atoms with Crippen LogP contribution in [0.25, 0.3) is 16.7 Å². The molecule has 0 aliphatic carbocycles. The summed E-state index contributed by atoms with van der Waals surface area (Å²) in [6.45, 7) is 11.5. The lowest BCUT2D eigenvalue weighted by atomic mass is 9.97. The molecule has 0 aromatic heterocycles. The minimum absolute atomic E-state index is 0.322. The number of carbonyl (C=O) groups excluding carboxylic acids is 1. The summed E-state index contributed by atoms with van der Waals surface area (Å²) in [4.78, 5) is 12.1. The number of ether oxygens (including phenoxy) is 3.